The van der Waals surface area contributed by atoms with Crippen molar-refractivity contribution in [2.24, 2.45) is 5.92 Å². The quantitative estimate of drug-likeness (QED) is 0.813. The van der Waals surface area contributed by atoms with Gasteiger partial charge in [0.25, 0.3) is 0 Å². The molecule has 124 valence electrons. The predicted molar refractivity (Wildman–Crippen MR) is 84.2 cm³/mol. The van der Waals surface area contributed by atoms with Crippen molar-refractivity contribution in [2.45, 2.75) is 20.4 Å². The number of aromatic nitrogens is 2. The molecule has 23 heavy (non-hydrogen) atoms. The summed E-state index contributed by atoms with van der Waals surface area (Å²) in [6.07, 6.45) is 0. The summed E-state index contributed by atoms with van der Waals surface area (Å²) in [7, 11) is 4.85. The van der Waals surface area contributed by atoms with Gasteiger partial charge in [0.15, 0.2) is 11.5 Å². The lowest BCUT2D eigenvalue weighted by Gasteiger charge is -2.16. The van der Waals surface area contributed by atoms with Gasteiger partial charge < -0.3 is 18.8 Å². The average Bonchev–Trinajstić information content (AvgIpc) is 3.01. The zero-order valence-corrected chi connectivity index (χ0v) is 14.0. The lowest BCUT2D eigenvalue weighted by Crippen LogP contribution is -2.30. The number of carbonyl (C=O) groups excluding carboxylic acids is 1. The number of ether oxygens (including phenoxy) is 2. The summed E-state index contributed by atoms with van der Waals surface area (Å²) in [6, 6.07) is 5.34. The Hall–Kier alpha value is -2.57. The SMILES string of the molecule is COc1ccc(-c2nnc(CN(C)C(=O)C(C)C)o2)cc1OC. The molecule has 7 heteroatoms. The highest BCUT2D eigenvalue weighted by Gasteiger charge is 2.17. The maximum atomic E-state index is 11.9. The molecule has 0 aliphatic heterocycles. The molecule has 0 aliphatic carbocycles. The number of hydrogen-bond acceptors (Lipinski definition) is 6. The Labute approximate surface area is 135 Å². The van der Waals surface area contributed by atoms with Crippen molar-refractivity contribution in [3.63, 3.8) is 0 Å². The van der Waals surface area contributed by atoms with E-state index in [-0.39, 0.29) is 18.4 Å². The zero-order valence-electron chi connectivity index (χ0n) is 14.0. The Morgan fingerprint density at radius 2 is 1.91 bits per heavy atom. The van der Waals surface area contributed by atoms with E-state index in [0.29, 0.717) is 23.3 Å². The molecule has 0 radical (unpaired) electrons. The summed E-state index contributed by atoms with van der Waals surface area (Å²) in [5.41, 5.74) is 0.722. The van der Waals surface area contributed by atoms with Gasteiger partial charge in [0, 0.05) is 18.5 Å². The molecule has 0 aliphatic rings. The van der Waals surface area contributed by atoms with Crippen LogP contribution in [0.1, 0.15) is 19.7 Å². The number of benzene rings is 1. The fraction of sp³-hybridized carbons (Fsp3) is 0.438. The summed E-state index contributed by atoms with van der Waals surface area (Å²) in [5.74, 6) is 1.90. The minimum atomic E-state index is -0.0757. The molecule has 1 aromatic carbocycles. The number of hydrogen-bond donors (Lipinski definition) is 0. The average molecular weight is 319 g/mol. The van der Waals surface area contributed by atoms with Gasteiger partial charge in [0.2, 0.25) is 17.7 Å². The molecule has 0 bridgehead atoms. The first-order chi connectivity index (χ1) is 11.0. The monoisotopic (exact) mass is 319 g/mol. The highest BCUT2D eigenvalue weighted by molar-refractivity contribution is 5.77. The van der Waals surface area contributed by atoms with Gasteiger partial charge in [0.1, 0.15) is 0 Å². The van der Waals surface area contributed by atoms with E-state index in [2.05, 4.69) is 10.2 Å². The Bertz CT molecular complexity index is 682. The van der Waals surface area contributed by atoms with Crippen molar-refractivity contribution in [2.75, 3.05) is 21.3 Å². The van der Waals surface area contributed by atoms with Crippen molar-refractivity contribution in [3.05, 3.63) is 24.1 Å². The molecule has 0 atom stereocenters. The van der Waals surface area contributed by atoms with E-state index < -0.39 is 0 Å². The lowest BCUT2D eigenvalue weighted by atomic mass is 10.2. The highest BCUT2D eigenvalue weighted by atomic mass is 16.5. The van der Waals surface area contributed by atoms with Crippen LogP contribution in [0, 0.1) is 5.92 Å². The van der Waals surface area contributed by atoms with Gasteiger partial charge in [0.05, 0.1) is 20.8 Å². The maximum absolute atomic E-state index is 11.9. The Balaban J connectivity index is 2.17. The van der Waals surface area contributed by atoms with Crippen molar-refractivity contribution < 1.29 is 18.7 Å². The van der Waals surface area contributed by atoms with E-state index in [9.17, 15) is 4.79 Å². The molecule has 1 heterocycles. The summed E-state index contributed by atoms with van der Waals surface area (Å²) in [5, 5.41) is 8.01. The molecule has 2 aromatic rings. The second-order valence-corrected chi connectivity index (χ2v) is 5.42. The number of carbonyl (C=O) groups is 1. The van der Waals surface area contributed by atoms with Gasteiger partial charge in [-0.15, -0.1) is 10.2 Å². The fourth-order valence-electron chi connectivity index (χ4n) is 2.12. The summed E-state index contributed by atoms with van der Waals surface area (Å²) < 4.78 is 16.1. The van der Waals surface area contributed by atoms with Crippen LogP contribution in [0.4, 0.5) is 0 Å². The molecular weight excluding hydrogens is 298 g/mol. The van der Waals surface area contributed by atoms with E-state index in [0.717, 1.165) is 5.56 Å². The minimum absolute atomic E-state index is 0.0240. The van der Waals surface area contributed by atoms with Crippen LogP contribution in [0.5, 0.6) is 11.5 Å². The third-order valence-corrected chi connectivity index (χ3v) is 3.34. The van der Waals surface area contributed by atoms with Gasteiger partial charge in [-0.25, -0.2) is 0 Å². The number of rotatable bonds is 6. The lowest BCUT2D eigenvalue weighted by molar-refractivity contribution is -0.133. The molecule has 0 N–H and O–H groups in total. The number of methoxy groups -OCH3 is 2. The Morgan fingerprint density at radius 3 is 2.52 bits per heavy atom. The van der Waals surface area contributed by atoms with Gasteiger partial charge in [-0.3, -0.25) is 4.79 Å². The van der Waals surface area contributed by atoms with Crippen LogP contribution < -0.4 is 9.47 Å². The van der Waals surface area contributed by atoms with E-state index in [1.807, 2.05) is 19.9 Å². The van der Waals surface area contributed by atoms with E-state index in [4.69, 9.17) is 13.9 Å². The summed E-state index contributed by atoms with van der Waals surface area (Å²) in [4.78, 5) is 13.4. The van der Waals surface area contributed by atoms with Crippen molar-refractivity contribution in [1.82, 2.24) is 15.1 Å². The molecule has 0 unspecified atom stereocenters. The van der Waals surface area contributed by atoms with Gasteiger partial charge >= 0.3 is 0 Å². The van der Waals surface area contributed by atoms with Crippen LogP contribution in [0.2, 0.25) is 0 Å². The standard InChI is InChI=1S/C16H21N3O4/c1-10(2)16(20)19(3)9-14-17-18-15(23-14)11-6-7-12(21-4)13(8-11)22-5/h6-8,10H,9H2,1-5H3. The topological polar surface area (TPSA) is 77.7 Å². The first-order valence-corrected chi connectivity index (χ1v) is 7.26. The first kappa shape index (κ1) is 16.8. The Kier molecular flexibility index (Phi) is 5.20. The Morgan fingerprint density at radius 1 is 1.22 bits per heavy atom. The fourth-order valence-corrected chi connectivity index (χ4v) is 2.12. The number of nitrogens with zero attached hydrogens (tertiary/aromatic N) is 3. The molecular formula is C16H21N3O4. The molecule has 1 amide bonds. The van der Waals surface area contributed by atoms with Crippen LogP contribution in [0.15, 0.2) is 22.6 Å². The van der Waals surface area contributed by atoms with Gasteiger partial charge in [-0.2, -0.15) is 0 Å². The summed E-state index contributed by atoms with van der Waals surface area (Å²) >= 11 is 0. The molecule has 0 saturated heterocycles. The molecule has 1 aromatic heterocycles. The smallest absolute Gasteiger partial charge is 0.247 e. The van der Waals surface area contributed by atoms with Crippen LogP contribution in [0.3, 0.4) is 0 Å². The van der Waals surface area contributed by atoms with Gasteiger partial charge in [-0.1, -0.05) is 13.8 Å². The van der Waals surface area contributed by atoms with Gasteiger partial charge in [-0.05, 0) is 18.2 Å². The zero-order chi connectivity index (χ0) is 17.0. The molecule has 0 spiro atoms. The van der Waals surface area contributed by atoms with Crippen LogP contribution >= 0.6 is 0 Å². The van der Waals surface area contributed by atoms with Crippen LogP contribution in [-0.2, 0) is 11.3 Å². The third-order valence-electron chi connectivity index (χ3n) is 3.34. The molecule has 2 rings (SSSR count). The molecule has 0 saturated carbocycles. The van der Waals surface area contributed by atoms with E-state index >= 15 is 0 Å². The van der Waals surface area contributed by atoms with E-state index in [1.165, 1.54) is 0 Å². The maximum Gasteiger partial charge on any atom is 0.247 e. The normalized spacial score (nSPS) is 10.7. The highest BCUT2D eigenvalue weighted by Crippen LogP contribution is 2.31. The van der Waals surface area contributed by atoms with Crippen molar-refractivity contribution in [3.8, 4) is 23.0 Å². The molecule has 7 nitrogen and oxygen atoms in total. The van der Waals surface area contributed by atoms with E-state index in [1.54, 1.807) is 38.3 Å². The molecule has 0 fully saturated rings. The second kappa shape index (κ2) is 7.13. The third kappa shape index (κ3) is 3.80. The van der Waals surface area contributed by atoms with Crippen LogP contribution in [0.25, 0.3) is 11.5 Å². The number of amides is 1. The van der Waals surface area contributed by atoms with Crippen molar-refractivity contribution in [1.29, 1.82) is 0 Å². The second-order valence-electron chi connectivity index (χ2n) is 5.42. The van der Waals surface area contributed by atoms with Crippen LogP contribution in [-0.4, -0.2) is 42.3 Å². The minimum Gasteiger partial charge on any atom is -0.493 e. The first-order valence-electron chi connectivity index (χ1n) is 7.26. The largest absolute Gasteiger partial charge is 0.493 e. The predicted octanol–water partition coefficient (Wildman–Crippen LogP) is 2.37. The summed E-state index contributed by atoms with van der Waals surface area (Å²) in [6.45, 7) is 3.97. The van der Waals surface area contributed by atoms with Crippen molar-refractivity contribution >= 4 is 5.91 Å².